The molecule has 7 nitrogen and oxygen atoms in total. The monoisotopic (exact) mass is 388 g/mol. The second kappa shape index (κ2) is 6.67. The van der Waals surface area contributed by atoms with Crippen LogP contribution < -0.4 is 10.6 Å². The van der Waals surface area contributed by atoms with Crippen LogP contribution in [-0.2, 0) is 15.7 Å². The molecule has 0 saturated heterocycles. The highest BCUT2D eigenvalue weighted by Crippen LogP contribution is 2.36. The van der Waals surface area contributed by atoms with Gasteiger partial charge in [0.25, 0.3) is 5.91 Å². The molecule has 1 aliphatic heterocycles. The van der Waals surface area contributed by atoms with Gasteiger partial charge in [-0.15, -0.1) is 11.8 Å². The summed E-state index contributed by atoms with van der Waals surface area (Å²) in [6.07, 6.45) is 0. The van der Waals surface area contributed by atoms with Crippen molar-refractivity contribution >= 4 is 29.3 Å². The number of benzene rings is 1. The van der Waals surface area contributed by atoms with Crippen molar-refractivity contribution in [1.82, 2.24) is 15.5 Å². The van der Waals surface area contributed by atoms with Crippen LogP contribution >= 0.6 is 11.8 Å². The van der Waals surface area contributed by atoms with Crippen molar-refractivity contribution in [1.29, 1.82) is 0 Å². The van der Waals surface area contributed by atoms with E-state index in [2.05, 4.69) is 20.8 Å². The molecule has 1 aromatic heterocycles. The lowest BCUT2D eigenvalue weighted by molar-refractivity contribution is -0.115. The zero-order chi connectivity index (χ0) is 20.0. The van der Waals surface area contributed by atoms with Crippen molar-refractivity contribution < 1.29 is 14.1 Å². The van der Waals surface area contributed by atoms with E-state index in [1.807, 2.05) is 47.6 Å². The molecule has 2 N–H and O–H groups in total. The molecule has 0 bridgehead atoms. The molecule has 8 heteroatoms. The standard InChI is InChI=1S/C19H24N4O3S/c1-10-14(24)20-12-9-11(7-8-13(12)27-10)15(25)22-19(5,6)16-21-17(26-23-16)18(2,3)4/h7-10H,1-6H3,(H,20,24)(H,22,25). The molecule has 0 fully saturated rings. The summed E-state index contributed by atoms with van der Waals surface area (Å²) < 4.78 is 5.34. The van der Waals surface area contributed by atoms with Gasteiger partial charge in [-0.3, -0.25) is 9.59 Å². The maximum atomic E-state index is 12.8. The summed E-state index contributed by atoms with van der Waals surface area (Å²) in [4.78, 5) is 30.0. The maximum absolute atomic E-state index is 12.8. The van der Waals surface area contributed by atoms with Crippen LogP contribution in [0.25, 0.3) is 0 Å². The van der Waals surface area contributed by atoms with E-state index in [-0.39, 0.29) is 22.5 Å². The third-order valence-electron chi connectivity index (χ3n) is 4.23. The fourth-order valence-electron chi connectivity index (χ4n) is 2.54. The number of nitrogens with zero attached hydrogens (tertiary/aromatic N) is 2. The molecule has 2 heterocycles. The summed E-state index contributed by atoms with van der Waals surface area (Å²) in [7, 11) is 0. The molecular formula is C19H24N4O3S. The van der Waals surface area contributed by atoms with Crippen molar-refractivity contribution in [3.63, 3.8) is 0 Å². The number of thioether (sulfide) groups is 1. The van der Waals surface area contributed by atoms with Crippen LogP contribution in [0.2, 0.25) is 0 Å². The van der Waals surface area contributed by atoms with Gasteiger partial charge in [0.2, 0.25) is 11.8 Å². The lowest BCUT2D eigenvalue weighted by Gasteiger charge is -2.24. The van der Waals surface area contributed by atoms with Gasteiger partial charge in [0.05, 0.1) is 16.5 Å². The van der Waals surface area contributed by atoms with Crippen molar-refractivity contribution in [3.05, 3.63) is 35.5 Å². The van der Waals surface area contributed by atoms with Crippen LogP contribution in [0.3, 0.4) is 0 Å². The average molecular weight is 388 g/mol. The van der Waals surface area contributed by atoms with E-state index in [0.717, 1.165) is 4.90 Å². The highest BCUT2D eigenvalue weighted by molar-refractivity contribution is 8.00. The molecule has 0 aliphatic carbocycles. The first-order valence-electron chi connectivity index (χ1n) is 8.76. The largest absolute Gasteiger partial charge is 0.340 e. The minimum absolute atomic E-state index is 0.0631. The SMILES string of the molecule is CC1Sc2ccc(C(=O)NC(C)(C)c3noc(C(C)(C)C)n3)cc2NC1=O. The number of rotatable bonds is 3. The van der Waals surface area contributed by atoms with Gasteiger partial charge in [0.15, 0.2) is 5.82 Å². The Hall–Kier alpha value is -2.35. The molecule has 1 unspecified atom stereocenters. The Labute approximate surface area is 162 Å². The summed E-state index contributed by atoms with van der Waals surface area (Å²) in [5.41, 5.74) is 0.0310. The van der Waals surface area contributed by atoms with Gasteiger partial charge in [-0.25, -0.2) is 0 Å². The zero-order valence-electron chi connectivity index (χ0n) is 16.3. The quantitative estimate of drug-likeness (QED) is 0.836. The van der Waals surface area contributed by atoms with Crippen LogP contribution in [0.5, 0.6) is 0 Å². The summed E-state index contributed by atoms with van der Waals surface area (Å²) in [6, 6.07) is 5.29. The number of carbonyl (C=O) groups is 2. The fraction of sp³-hybridized carbons (Fsp3) is 0.474. The third-order valence-corrected chi connectivity index (χ3v) is 5.40. The van der Waals surface area contributed by atoms with E-state index in [1.54, 1.807) is 12.1 Å². The maximum Gasteiger partial charge on any atom is 0.252 e. The van der Waals surface area contributed by atoms with E-state index in [9.17, 15) is 9.59 Å². The van der Waals surface area contributed by atoms with Gasteiger partial charge in [0, 0.05) is 15.9 Å². The van der Waals surface area contributed by atoms with Crippen LogP contribution in [0.15, 0.2) is 27.6 Å². The minimum Gasteiger partial charge on any atom is -0.340 e. The number of amides is 2. The van der Waals surface area contributed by atoms with Gasteiger partial charge in [-0.2, -0.15) is 4.98 Å². The summed E-state index contributed by atoms with van der Waals surface area (Å²) in [5, 5.41) is 9.66. The number of nitrogens with one attached hydrogen (secondary N) is 2. The second-order valence-corrected chi connectivity index (χ2v) is 9.60. The van der Waals surface area contributed by atoms with Crippen LogP contribution in [0.1, 0.15) is 63.6 Å². The van der Waals surface area contributed by atoms with E-state index >= 15 is 0 Å². The Kier molecular flexibility index (Phi) is 4.80. The zero-order valence-corrected chi connectivity index (χ0v) is 17.2. The number of fused-ring (bicyclic) bond motifs is 1. The number of anilines is 1. The van der Waals surface area contributed by atoms with Crippen LogP contribution in [0, 0.1) is 0 Å². The molecule has 2 aromatic rings. The lowest BCUT2D eigenvalue weighted by Crippen LogP contribution is -2.42. The van der Waals surface area contributed by atoms with Crippen molar-refractivity contribution in [2.75, 3.05) is 5.32 Å². The summed E-state index contributed by atoms with van der Waals surface area (Å²) in [5.74, 6) is 0.591. The van der Waals surface area contributed by atoms with Crippen molar-refractivity contribution in [2.45, 2.75) is 62.6 Å². The van der Waals surface area contributed by atoms with Crippen molar-refractivity contribution in [3.8, 4) is 0 Å². The predicted molar refractivity (Wildman–Crippen MR) is 104 cm³/mol. The molecule has 0 spiro atoms. The summed E-state index contributed by atoms with van der Waals surface area (Å²) in [6.45, 7) is 11.4. The number of hydrogen-bond donors (Lipinski definition) is 2. The average Bonchev–Trinajstić information content (AvgIpc) is 3.06. The molecule has 0 saturated carbocycles. The first-order valence-corrected chi connectivity index (χ1v) is 9.64. The van der Waals surface area contributed by atoms with E-state index < -0.39 is 5.54 Å². The normalized spacial score (nSPS) is 17.3. The number of hydrogen-bond acceptors (Lipinski definition) is 6. The Morgan fingerprint density at radius 2 is 1.96 bits per heavy atom. The van der Waals surface area contributed by atoms with Gasteiger partial charge >= 0.3 is 0 Å². The highest BCUT2D eigenvalue weighted by atomic mass is 32.2. The van der Waals surface area contributed by atoms with E-state index in [0.29, 0.717) is 23.0 Å². The van der Waals surface area contributed by atoms with E-state index in [4.69, 9.17) is 4.52 Å². The van der Waals surface area contributed by atoms with Gasteiger partial charge in [0.1, 0.15) is 0 Å². The van der Waals surface area contributed by atoms with Gasteiger partial charge in [-0.05, 0) is 39.0 Å². The van der Waals surface area contributed by atoms with Crippen LogP contribution in [0.4, 0.5) is 5.69 Å². The second-order valence-electron chi connectivity index (χ2n) is 8.21. The lowest BCUT2D eigenvalue weighted by atomic mass is 9.96. The molecule has 1 atom stereocenters. The Morgan fingerprint density at radius 1 is 1.26 bits per heavy atom. The Bertz CT molecular complexity index is 899. The predicted octanol–water partition coefficient (Wildman–Crippen LogP) is 3.46. The van der Waals surface area contributed by atoms with E-state index in [1.165, 1.54) is 11.8 Å². The van der Waals surface area contributed by atoms with Crippen LogP contribution in [-0.4, -0.2) is 27.2 Å². The van der Waals surface area contributed by atoms with Crippen molar-refractivity contribution in [2.24, 2.45) is 0 Å². The third kappa shape index (κ3) is 4.00. The molecule has 2 amide bonds. The highest BCUT2D eigenvalue weighted by Gasteiger charge is 2.32. The molecule has 144 valence electrons. The smallest absolute Gasteiger partial charge is 0.252 e. The number of carbonyl (C=O) groups excluding carboxylic acids is 2. The number of aromatic nitrogens is 2. The Balaban J connectivity index is 1.79. The topological polar surface area (TPSA) is 97.1 Å². The van der Waals surface area contributed by atoms with Gasteiger partial charge in [-0.1, -0.05) is 25.9 Å². The molecule has 0 radical (unpaired) electrons. The fourth-order valence-corrected chi connectivity index (χ4v) is 3.47. The molecular weight excluding hydrogens is 364 g/mol. The Morgan fingerprint density at radius 3 is 2.59 bits per heavy atom. The summed E-state index contributed by atoms with van der Waals surface area (Å²) >= 11 is 1.48. The minimum atomic E-state index is -0.813. The first-order chi connectivity index (χ1) is 12.5. The first kappa shape index (κ1) is 19.4. The molecule has 1 aliphatic rings. The molecule has 27 heavy (non-hydrogen) atoms. The van der Waals surface area contributed by atoms with Gasteiger partial charge < -0.3 is 15.2 Å². The molecule has 3 rings (SSSR count). The molecule has 1 aromatic carbocycles.